The van der Waals surface area contributed by atoms with Crippen molar-refractivity contribution in [3.63, 3.8) is 0 Å². The summed E-state index contributed by atoms with van der Waals surface area (Å²) in [5.41, 5.74) is 4.45. The Balaban J connectivity index is 0.0000145. The van der Waals surface area contributed by atoms with Gasteiger partial charge in [0.05, 0.1) is 84.8 Å². The number of aromatic nitrogens is 2. The number of methoxy groups -OCH3 is 2. The zero-order chi connectivity index (χ0) is 47.5. The molecule has 368 valence electrons. The number of nitrogens with zero attached hydrogens (tertiary/aromatic N) is 2. The fraction of sp³-hybridized carbons (Fsp3) is 0.794. The molecule has 10 N–H and O–H groups in total. The zero-order valence-electron chi connectivity index (χ0n) is 35.8. The van der Waals surface area contributed by atoms with Gasteiger partial charge in [0.2, 0.25) is 11.7 Å². The molecule has 2 aliphatic heterocycles. The fourth-order valence-electron chi connectivity index (χ4n) is 5.91. The molecule has 31 heteroatoms. The monoisotopic (exact) mass is 972 g/mol. The maximum absolute atomic E-state index is 13.0. The molecule has 0 saturated carbocycles. The summed E-state index contributed by atoms with van der Waals surface area (Å²) in [6, 6.07) is -0.726. The van der Waals surface area contributed by atoms with Gasteiger partial charge in [0, 0.05) is 26.8 Å². The maximum Gasteiger partial charge on any atom is 1.00 e. The first-order valence-corrected chi connectivity index (χ1v) is 20.9. The number of amides is 2. The summed E-state index contributed by atoms with van der Waals surface area (Å²) < 4.78 is 70.6. The van der Waals surface area contributed by atoms with Gasteiger partial charge in [0.15, 0.2) is 6.23 Å². The first-order valence-electron chi connectivity index (χ1n) is 19.5. The number of carbonyl (C=O) groups excluding carboxylic acids is 3. The smallest absolute Gasteiger partial charge is 0.756 e. The minimum absolute atomic E-state index is 0. The van der Waals surface area contributed by atoms with Gasteiger partial charge in [0.25, 0.3) is 7.82 Å². The van der Waals surface area contributed by atoms with Crippen molar-refractivity contribution in [1.82, 2.24) is 20.2 Å². The number of phosphoric acid groups is 1. The predicted molar refractivity (Wildman–Crippen MR) is 203 cm³/mol. The number of alkyl carbamates (subject to hydrolysis) is 1. The molecule has 12 atom stereocenters. The largest absolute Gasteiger partial charge is 1.00 e. The normalized spacial score (nSPS) is 26.6. The van der Waals surface area contributed by atoms with Crippen molar-refractivity contribution in [3.8, 4) is 0 Å². The van der Waals surface area contributed by atoms with Gasteiger partial charge in [-0.2, -0.15) is 4.98 Å². The Labute approximate surface area is 393 Å². The van der Waals surface area contributed by atoms with E-state index in [4.69, 9.17) is 57.4 Å². The second-order valence-electron chi connectivity index (χ2n) is 13.9. The van der Waals surface area contributed by atoms with Crippen LogP contribution in [0.15, 0.2) is 17.1 Å². The van der Waals surface area contributed by atoms with E-state index in [2.05, 4.69) is 15.6 Å². The van der Waals surface area contributed by atoms with E-state index in [1.807, 2.05) is 0 Å². The SMILES string of the molecule is COCCOCCOCC(COC(=O)NCC(=O)N[C@H]1C([C@H](O)[C@H](O)CO)O[C@](OP(=O)([O-])OCC2O[C@@H](n3ccc(N)nc3=O)[C@H](O)[C@@H]2O)(C(=O)[O-])C[C@H]1O)OCCOCCOC.[Na+]. The van der Waals surface area contributed by atoms with Gasteiger partial charge in [-0.15, -0.1) is 0 Å². The van der Waals surface area contributed by atoms with E-state index >= 15 is 0 Å². The molecule has 4 unspecified atom stereocenters. The van der Waals surface area contributed by atoms with Crippen LogP contribution in [0.4, 0.5) is 10.6 Å². The van der Waals surface area contributed by atoms with Gasteiger partial charge in [0.1, 0.15) is 67.7 Å². The number of carbonyl (C=O) groups is 3. The number of aliphatic hydroxyl groups is 6. The number of nitrogen functional groups attached to an aromatic ring is 1. The van der Waals surface area contributed by atoms with E-state index in [0.29, 0.717) is 26.4 Å². The van der Waals surface area contributed by atoms with Crippen LogP contribution < -0.4 is 61.6 Å². The second kappa shape index (κ2) is 29.4. The summed E-state index contributed by atoms with van der Waals surface area (Å²) >= 11 is 0. The van der Waals surface area contributed by atoms with Crippen molar-refractivity contribution in [2.75, 3.05) is 106 Å². The summed E-state index contributed by atoms with van der Waals surface area (Å²) in [5.74, 6) is -7.31. The van der Waals surface area contributed by atoms with Crippen LogP contribution in [0.1, 0.15) is 12.6 Å². The maximum atomic E-state index is 13.0. The first-order chi connectivity index (χ1) is 30.4. The van der Waals surface area contributed by atoms with Crippen LogP contribution in [-0.4, -0.2) is 219 Å². The zero-order valence-corrected chi connectivity index (χ0v) is 38.7. The Hall–Kier alpha value is -2.56. The van der Waals surface area contributed by atoms with Crippen molar-refractivity contribution in [2.24, 2.45) is 0 Å². The van der Waals surface area contributed by atoms with Crippen molar-refractivity contribution in [2.45, 2.75) is 73.3 Å². The summed E-state index contributed by atoms with van der Waals surface area (Å²) in [5, 5.41) is 79.2. The number of aliphatic hydroxyl groups excluding tert-OH is 6. The van der Waals surface area contributed by atoms with Gasteiger partial charge >= 0.3 is 41.3 Å². The molecular formula is C34H56N5NaO24P-. The number of nitrogens with two attached hydrogens (primary N) is 1. The van der Waals surface area contributed by atoms with Crippen LogP contribution in [0, 0.1) is 0 Å². The Kier molecular flexibility index (Phi) is 26.4. The van der Waals surface area contributed by atoms with E-state index in [-0.39, 0.29) is 75.0 Å². The summed E-state index contributed by atoms with van der Waals surface area (Å²) in [7, 11) is -2.93. The molecule has 2 saturated heterocycles. The van der Waals surface area contributed by atoms with Crippen LogP contribution in [0.2, 0.25) is 0 Å². The minimum Gasteiger partial charge on any atom is -0.756 e. The van der Waals surface area contributed by atoms with E-state index < -0.39 is 125 Å². The van der Waals surface area contributed by atoms with Gasteiger partial charge in [-0.25, -0.2) is 9.59 Å². The van der Waals surface area contributed by atoms with Gasteiger partial charge < -0.3 is 109 Å². The molecule has 2 aliphatic rings. The van der Waals surface area contributed by atoms with Crippen LogP contribution >= 0.6 is 7.82 Å². The number of rotatable bonds is 30. The quantitative estimate of drug-likeness (QED) is 0.0196. The van der Waals surface area contributed by atoms with Crippen molar-refractivity contribution < 1.29 is 141 Å². The third-order valence-electron chi connectivity index (χ3n) is 9.16. The standard InChI is InChI=1S/C34H58N5O24P.Na/c1-53-5-7-55-9-10-57-16-19(58-12-11-56-8-6-54-2)17-59-33(50)36-14-24(43)38-25-20(41)13-34(31(47)48,62-29(25)26(44)21(42)15-40)63-64(51,52)60-18-22-27(45)28(46)30(61-22)39-4-3-23(35)37-32(39)49;/h3-4,19-22,25-30,40-42,44-46H,5-18H2,1-2H3,(H,36,50)(H,38,43)(H,47,48)(H,51,52)(H2,35,37,49);/q;+1/p-2/t19?,20-,21-,22?,25-,26-,27-,28-,29?,30-,34-;/m1./s1. The summed E-state index contributed by atoms with van der Waals surface area (Å²) in [6.45, 7) is -1.56. The first kappa shape index (κ1) is 58.6. The molecule has 2 fully saturated rings. The van der Waals surface area contributed by atoms with Crippen LogP contribution in [0.5, 0.6) is 0 Å². The van der Waals surface area contributed by atoms with Crippen LogP contribution in [0.25, 0.3) is 0 Å². The van der Waals surface area contributed by atoms with Gasteiger partial charge in [-0.05, 0) is 6.07 Å². The number of anilines is 1. The third-order valence-corrected chi connectivity index (χ3v) is 10.1. The number of nitrogens with one attached hydrogen (secondary N) is 2. The van der Waals surface area contributed by atoms with Crippen molar-refractivity contribution >= 4 is 31.6 Å². The molecule has 0 bridgehead atoms. The molecule has 29 nitrogen and oxygen atoms in total. The molecule has 65 heavy (non-hydrogen) atoms. The van der Waals surface area contributed by atoms with Crippen molar-refractivity contribution in [3.05, 3.63) is 22.7 Å². The van der Waals surface area contributed by atoms with Gasteiger partial charge in [-0.3, -0.25) is 18.5 Å². The minimum atomic E-state index is -5.97. The van der Waals surface area contributed by atoms with Crippen LogP contribution in [0.3, 0.4) is 0 Å². The molecule has 0 spiro atoms. The fourth-order valence-corrected chi connectivity index (χ4v) is 6.85. The van der Waals surface area contributed by atoms with Gasteiger partial charge in [-0.1, -0.05) is 0 Å². The number of ether oxygens (including phenoxy) is 9. The third kappa shape index (κ3) is 18.8. The Morgan fingerprint density at radius 3 is 2.26 bits per heavy atom. The Morgan fingerprint density at radius 1 is 1.02 bits per heavy atom. The molecule has 1 aromatic rings. The van der Waals surface area contributed by atoms with E-state index in [1.54, 1.807) is 0 Å². The molecular weight excluding hydrogens is 916 g/mol. The summed E-state index contributed by atoms with van der Waals surface area (Å²) in [4.78, 5) is 66.7. The molecule has 0 aromatic carbocycles. The Bertz CT molecular complexity index is 1710. The molecule has 0 radical (unpaired) electrons. The topological polar surface area (TPSA) is 422 Å². The van der Waals surface area contributed by atoms with E-state index in [1.165, 1.54) is 20.3 Å². The molecule has 1 aromatic heterocycles. The molecule has 2 amide bonds. The average Bonchev–Trinajstić information content (AvgIpc) is 3.53. The molecule has 3 heterocycles. The number of hydrogen-bond donors (Lipinski definition) is 9. The molecule has 3 rings (SSSR count). The number of phosphoric ester groups is 1. The van der Waals surface area contributed by atoms with E-state index in [0.717, 1.165) is 10.8 Å². The number of aliphatic carboxylic acids is 1. The average molecular weight is 973 g/mol. The van der Waals surface area contributed by atoms with Crippen LogP contribution in [-0.2, 0) is 65.8 Å². The second-order valence-corrected chi connectivity index (χ2v) is 15.2. The number of carboxylic acids is 1. The van der Waals surface area contributed by atoms with Crippen molar-refractivity contribution in [1.29, 1.82) is 0 Å². The number of hydrogen-bond acceptors (Lipinski definition) is 26. The Morgan fingerprint density at radius 2 is 1.65 bits per heavy atom. The molecule has 0 aliphatic carbocycles. The summed E-state index contributed by atoms with van der Waals surface area (Å²) in [6.07, 6.45) is -18.3. The van der Waals surface area contributed by atoms with E-state index in [9.17, 15) is 64.4 Å². The number of carboxylic acid groups (broad SMARTS) is 1. The predicted octanol–water partition coefficient (Wildman–Crippen LogP) is -10.8.